The zero-order valence-corrected chi connectivity index (χ0v) is 9.89. The van der Waals surface area contributed by atoms with Gasteiger partial charge < -0.3 is 0 Å². The van der Waals surface area contributed by atoms with E-state index in [0.29, 0.717) is 0 Å². The maximum Gasteiger partial charge on any atom is 0.134 e. The SMILES string of the molecule is CCc1cc(CC)nc(C(C)(C)C)n1. The summed E-state index contributed by atoms with van der Waals surface area (Å²) >= 11 is 0. The van der Waals surface area contributed by atoms with Gasteiger partial charge in [0.05, 0.1) is 0 Å². The molecule has 1 rings (SSSR count). The van der Waals surface area contributed by atoms with Gasteiger partial charge in [-0.05, 0) is 18.9 Å². The van der Waals surface area contributed by atoms with Gasteiger partial charge in [0, 0.05) is 16.8 Å². The van der Waals surface area contributed by atoms with Gasteiger partial charge in [-0.25, -0.2) is 9.97 Å². The quantitative estimate of drug-likeness (QED) is 0.720. The van der Waals surface area contributed by atoms with Gasteiger partial charge in [0.1, 0.15) is 5.82 Å². The molecule has 0 bridgehead atoms. The Morgan fingerprint density at radius 1 is 1.00 bits per heavy atom. The van der Waals surface area contributed by atoms with Crippen LogP contribution in [0, 0.1) is 0 Å². The number of nitrogens with zero attached hydrogens (tertiary/aromatic N) is 2. The summed E-state index contributed by atoms with van der Waals surface area (Å²) in [5.41, 5.74) is 2.36. The summed E-state index contributed by atoms with van der Waals surface area (Å²) in [5.74, 6) is 0.966. The van der Waals surface area contributed by atoms with Crippen LogP contribution >= 0.6 is 0 Å². The first-order valence-corrected chi connectivity index (χ1v) is 5.34. The molecule has 0 saturated heterocycles. The van der Waals surface area contributed by atoms with E-state index in [1.54, 1.807) is 0 Å². The predicted molar refractivity (Wildman–Crippen MR) is 59.5 cm³/mol. The highest BCUT2D eigenvalue weighted by Gasteiger charge is 2.18. The molecule has 14 heavy (non-hydrogen) atoms. The third kappa shape index (κ3) is 2.53. The molecule has 0 atom stereocenters. The molecule has 0 saturated carbocycles. The summed E-state index contributed by atoms with van der Waals surface area (Å²) in [6.07, 6.45) is 1.97. The van der Waals surface area contributed by atoms with Gasteiger partial charge in [0.15, 0.2) is 0 Å². The predicted octanol–water partition coefficient (Wildman–Crippen LogP) is 2.90. The minimum atomic E-state index is 0.0507. The average molecular weight is 192 g/mol. The van der Waals surface area contributed by atoms with E-state index in [9.17, 15) is 0 Å². The Morgan fingerprint density at radius 2 is 1.43 bits per heavy atom. The molecule has 2 nitrogen and oxygen atoms in total. The van der Waals surface area contributed by atoms with Crippen molar-refractivity contribution in [3.8, 4) is 0 Å². The van der Waals surface area contributed by atoms with E-state index in [1.165, 1.54) is 0 Å². The first kappa shape index (κ1) is 11.2. The van der Waals surface area contributed by atoms with Crippen LogP contribution in [0.1, 0.15) is 51.8 Å². The Kier molecular flexibility index (Phi) is 3.25. The zero-order valence-electron chi connectivity index (χ0n) is 9.89. The highest BCUT2D eigenvalue weighted by atomic mass is 14.9. The van der Waals surface area contributed by atoms with Crippen molar-refractivity contribution in [3.05, 3.63) is 23.3 Å². The standard InChI is InChI=1S/C12H20N2/c1-6-9-8-10(7-2)14-11(13-9)12(3,4)5/h8H,6-7H2,1-5H3. The summed E-state index contributed by atoms with van der Waals surface area (Å²) in [4.78, 5) is 9.12. The van der Waals surface area contributed by atoms with E-state index in [2.05, 4.69) is 50.7 Å². The van der Waals surface area contributed by atoms with Gasteiger partial charge in [-0.2, -0.15) is 0 Å². The molecule has 78 valence electrons. The van der Waals surface area contributed by atoms with E-state index in [4.69, 9.17) is 0 Å². The summed E-state index contributed by atoms with van der Waals surface area (Å²) in [7, 11) is 0. The second-order valence-electron chi connectivity index (χ2n) is 4.63. The third-order valence-electron chi connectivity index (χ3n) is 2.23. The van der Waals surface area contributed by atoms with E-state index in [1.807, 2.05) is 0 Å². The molecule has 0 N–H and O–H groups in total. The monoisotopic (exact) mass is 192 g/mol. The van der Waals surface area contributed by atoms with Crippen molar-refractivity contribution in [1.29, 1.82) is 0 Å². The highest BCUT2D eigenvalue weighted by Crippen LogP contribution is 2.19. The molecule has 0 radical (unpaired) electrons. The van der Waals surface area contributed by atoms with Crippen molar-refractivity contribution in [3.63, 3.8) is 0 Å². The molecular weight excluding hydrogens is 172 g/mol. The fourth-order valence-corrected chi connectivity index (χ4v) is 1.25. The zero-order chi connectivity index (χ0) is 10.8. The van der Waals surface area contributed by atoms with Crippen molar-refractivity contribution < 1.29 is 0 Å². The van der Waals surface area contributed by atoms with Crippen molar-refractivity contribution in [2.45, 2.75) is 52.9 Å². The molecule has 0 aliphatic rings. The fourth-order valence-electron chi connectivity index (χ4n) is 1.25. The average Bonchev–Trinajstić information content (AvgIpc) is 2.15. The van der Waals surface area contributed by atoms with Crippen LogP contribution in [0.15, 0.2) is 6.07 Å². The number of aryl methyl sites for hydroxylation is 2. The van der Waals surface area contributed by atoms with E-state index in [-0.39, 0.29) is 5.41 Å². The fraction of sp³-hybridized carbons (Fsp3) is 0.667. The van der Waals surface area contributed by atoms with Crippen LogP contribution in [0.5, 0.6) is 0 Å². The molecule has 0 spiro atoms. The molecule has 0 aliphatic heterocycles. The smallest absolute Gasteiger partial charge is 0.134 e. The van der Waals surface area contributed by atoms with E-state index in [0.717, 1.165) is 30.1 Å². The maximum atomic E-state index is 4.56. The minimum absolute atomic E-state index is 0.0507. The molecule has 0 fully saturated rings. The lowest BCUT2D eigenvalue weighted by Crippen LogP contribution is -2.18. The van der Waals surface area contributed by atoms with Crippen LogP contribution in [-0.4, -0.2) is 9.97 Å². The van der Waals surface area contributed by atoms with Crippen LogP contribution < -0.4 is 0 Å². The van der Waals surface area contributed by atoms with E-state index >= 15 is 0 Å². The summed E-state index contributed by atoms with van der Waals surface area (Å²) in [6.45, 7) is 10.7. The Hall–Kier alpha value is -0.920. The summed E-state index contributed by atoms with van der Waals surface area (Å²) in [6, 6.07) is 2.11. The number of rotatable bonds is 2. The van der Waals surface area contributed by atoms with Gasteiger partial charge in [0.25, 0.3) is 0 Å². The first-order valence-electron chi connectivity index (χ1n) is 5.34. The number of hydrogen-bond donors (Lipinski definition) is 0. The third-order valence-corrected chi connectivity index (χ3v) is 2.23. The Bertz CT molecular complexity index is 288. The molecule has 0 aromatic carbocycles. The van der Waals surface area contributed by atoms with E-state index < -0.39 is 0 Å². The molecular formula is C12H20N2. The molecule has 2 heteroatoms. The van der Waals surface area contributed by atoms with Crippen molar-refractivity contribution >= 4 is 0 Å². The molecule has 1 heterocycles. The van der Waals surface area contributed by atoms with Crippen LogP contribution in [-0.2, 0) is 18.3 Å². The number of aromatic nitrogens is 2. The van der Waals surface area contributed by atoms with Crippen molar-refractivity contribution in [2.24, 2.45) is 0 Å². The van der Waals surface area contributed by atoms with Gasteiger partial charge in [-0.3, -0.25) is 0 Å². The lowest BCUT2D eigenvalue weighted by atomic mass is 9.95. The Balaban J connectivity index is 3.17. The van der Waals surface area contributed by atoms with Crippen LogP contribution in [0.25, 0.3) is 0 Å². The largest absolute Gasteiger partial charge is 0.237 e. The second-order valence-corrected chi connectivity index (χ2v) is 4.63. The lowest BCUT2D eigenvalue weighted by Gasteiger charge is -2.18. The topological polar surface area (TPSA) is 25.8 Å². The molecule has 1 aromatic heterocycles. The molecule has 0 aliphatic carbocycles. The minimum Gasteiger partial charge on any atom is -0.237 e. The number of hydrogen-bond acceptors (Lipinski definition) is 2. The molecule has 0 unspecified atom stereocenters. The second kappa shape index (κ2) is 4.07. The Morgan fingerprint density at radius 3 is 1.71 bits per heavy atom. The highest BCUT2D eigenvalue weighted by molar-refractivity contribution is 5.15. The van der Waals surface area contributed by atoms with Gasteiger partial charge in [-0.15, -0.1) is 0 Å². The molecule has 0 amide bonds. The first-order chi connectivity index (χ1) is 6.47. The Labute approximate surface area is 86.8 Å². The lowest BCUT2D eigenvalue weighted by molar-refractivity contribution is 0.538. The van der Waals surface area contributed by atoms with Crippen LogP contribution in [0.4, 0.5) is 0 Å². The normalized spacial score (nSPS) is 11.8. The van der Waals surface area contributed by atoms with Gasteiger partial charge in [0.2, 0.25) is 0 Å². The van der Waals surface area contributed by atoms with Crippen LogP contribution in [0.2, 0.25) is 0 Å². The van der Waals surface area contributed by atoms with Gasteiger partial charge in [-0.1, -0.05) is 34.6 Å². The van der Waals surface area contributed by atoms with Gasteiger partial charge >= 0.3 is 0 Å². The van der Waals surface area contributed by atoms with Crippen molar-refractivity contribution in [1.82, 2.24) is 9.97 Å². The summed E-state index contributed by atoms with van der Waals surface area (Å²) in [5, 5.41) is 0. The summed E-state index contributed by atoms with van der Waals surface area (Å²) < 4.78 is 0. The van der Waals surface area contributed by atoms with Crippen LogP contribution in [0.3, 0.4) is 0 Å². The van der Waals surface area contributed by atoms with Crippen molar-refractivity contribution in [2.75, 3.05) is 0 Å². The maximum absolute atomic E-state index is 4.56. The molecule has 1 aromatic rings.